The van der Waals surface area contributed by atoms with Gasteiger partial charge in [0.15, 0.2) is 5.82 Å². The van der Waals surface area contributed by atoms with E-state index in [1.807, 2.05) is 48.5 Å². The first-order valence-corrected chi connectivity index (χ1v) is 11.2. The zero-order valence-electron chi connectivity index (χ0n) is 17.0. The normalized spacial score (nSPS) is 27.2. The number of alkyl halides is 1. The maximum Gasteiger partial charge on any atom is 0.245 e. The van der Waals surface area contributed by atoms with Gasteiger partial charge in [-0.3, -0.25) is 19.3 Å². The molecule has 7 rings (SSSR count). The number of amides is 3. The predicted octanol–water partition coefficient (Wildman–Crippen LogP) is 3.32. The summed E-state index contributed by atoms with van der Waals surface area (Å²) in [6, 6.07) is 17.5. The number of nitrogens with one attached hydrogen (secondary N) is 1. The molecule has 8 heteroatoms. The predicted molar refractivity (Wildman–Crippen MR) is 118 cm³/mol. The number of carbonyl (C=O) groups is 3. The van der Waals surface area contributed by atoms with Gasteiger partial charge in [0.05, 0.1) is 16.2 Å². The van der Waals surface area contributed by atoms with E-state index in [0.29, 0.717) is 5.76 Å². The fraction of sp³-hybridized carbons (Fsp3) is 0.250. The Morgan fingerprint density at radius 3 is 2.31 bits per heavy atom. The number of carbonyl (C=O) groups excluding carboxylic acids is 3. The van der Waals surface area contributed by atoms with Gasteiger partial charge in [0.25, 0.3) is 0 Å². The number of benzene rings is 2. The molecular formula is C24H18BrN3O4. The Hall–Kier alpha value is -3.26. The monoisotopic (exact) mass is 491 g/mol. The maximum absolute atomic E-state index is 13.6. The molecule has 2 bridgehead atoms. The second-order valence-corrected chi connectivity index (χ2v) is 9.75. The van der Waals surface area contributed by atoms with Gasteiger partial charge in [-0.05, 0) is 29.2 Å². The highest BCUT2D eigenvalue weighted by Crippen LogP contribution is 2.66. The zero-order chi connectivity index (χ0) is 22.2. The van der Waals surface area contributed by atoms with Crippen LogP contribution in [-0.2, 0) is 18.7 Å². The Bertz CT molecular complexity index is 1270. The van der Waals surface area contributed by atoms with Crippen LogP contribution >= 0.6 is 15.9 Å². The summed E-state index contributed by atoms with van der Waals surface area (Å²) in [5, 5.41) is 6.33. The van der Waals surface area contributed by atoms with Crippen molar-refractivity contribution in [1.82, 2.24) is 10.1 Å². The quantitative estimate of drug-likeness (QED) is 0.448. The minimum Gasteiger partial charge on any atom is -0.360 e. The van der Waals surface area contributed by atoms with Crippen LogP contribution in [0.5, 0.6) is 0 Å². The highest BCUT2D eigenvalue weighted by Gasteiger charge is 2.67. The average molecular weight is 492 g/mol. The molecule has 3 amide bonds. The van der Waals surface area contributed by atoms with E-state index in [0.717, 1.165) is 27.2 Å². The molecule has 0 saturated carbocycles. The summed E-state index contributed by atoms with van der Waals surface area (Å²) in [5.74, 6) is -1.75. The van der Waals surface area contributed by atoms with Crippen LogP contribution in [-0.4, -0.2) is 34.3 Å². The molecule has 1 N–H and O–H groups in total. The Morgan fingerprint density at radius 1 is 1.09 bits per heavy atom. The molecule has 160 valence electrons. The molecule has 2 heterocycles. The number of imide groups is 1. The van der Waals surface area contributed by atoms with E-state index in [4.69, 9.17) is 4.52 Å². The van der Waals surface area contributed by atoms with Gasteiger partial charge in [-0.2, -0.15) is 0 Å². The van der Waals surface area contributed by atoms with E-state index in [1.165, 1.54) is 0 Å². The van der Waals surface area contributed by atoms with Crippen molar-refractivity contribution in [3.8, 4) is 0 Å². The number of hydrogen-bond donors (Lipinski definition) is 1. The van der Waals surface area contributed by atoms with E-state index in [2.05, 4.69) is 26.4 Å². The van der Waals surface area contributed by atoms with Crippen LogP contribution in [0.15, 0.2) is 59.1 Å². The van der Waals surface area contributed by atoms with E-state index in [-0.39, 0.29) is 30.1 Å². The van der Waals surface area contributed by atoms with Crippen LogP contribution < -0.4 is 5.32 Å². The molecule has 1 fully saturated rings. The van der Waals surface area contributed by atoms with Gasteiger partial charge in [0.1, 0.15) is 12.3 Å². The van der Waals surface area contributed by atoms with Crippen molar-refractivity contribution < 1.29 is 18.9 Å². The molecular weight excluding hydrogens is 474 g/mol. The van der Waals surface area contributed by atoms with E-state index in [1.54, 1.807) is 13.0 Å². The largest absolute Gasteiger partial charge is 0.360 e. The standard InChI is InChI=1S/C24H18BrN3O4/c1-12-10-17(27-32-12)26-18(29)11-28-22(30)20-19-13-6-2-4-8-15(13)24(25,21(20)23(28)31)16-9-5-3-7-14(16)19/h2-10,19-21H,11H2,1H3,(H,26,27,29). The topological polar surface area (TPSA) is 92.5 Å². The molecule has 0 spiro atoms. The van der Waals surface area contributed by atoms with Gasteiger partial charge >= 0.3 is 0 Å². The van der Waals surface area contributed by atoms with Gasteiger partial charge in [0.2, 0.25) is 17.7 Å². The van der Waals surface area contributed by atoms with Crippen molar-refractivity contribution in [3.63, 3.8) is 0 Å². The van der Waals surface area contributed by atoms with Crippen LogP contribution in [0.1, 0.15) is 33.9 Å². The molecule has 32 heavy (non-hydrogen) atoms. The zero-order valence-corrected chi connectivity index (χ0v) is 18.6. The summed E-state index contributed by atoms with van der Waals surface area (Å²) in [7, 11) is 0. The van der Waals surface area contributed by atoms with E-state index in [9.17, 15) is 14.4 Å². The SMILES string of the molecule is Cc1cc(NC(=O)CN2C(=O)C3C4c5ccccc5C(Br)(c5ccccc54)C3C2=O)no1. The molecule has 2 aromatic carbocycles. The lowest BCUT2D eigenvalue weighted by Crippen LogP contribution is -2.50. The van der Waals surface area contributed by atoms with Gasteiger partial charge in [-0.15, -0.1) is 0 Å². The number of hydrogen-bond acceptors (Lipinski definition) is 5. The van der Waals surface area contributed by atoms with Crippen LogP contribution in [0.2, 0.25) is 0 Å². The van der Waals surface area contributed by atoms with Crippen LogP contribution in [0.25, 0.3) is 0 Å². The number of nitrogens with zero attached hydrogens (tertiary/aromatic N) is 2. The minimum atomic E-state index is -0.819. The second kappa shape index (κ2) is 6.62. The Balaban J connectivity index is 1.41. The van der Waals surface area contributed by atoms with Gasteiger partial charge in [-0.25, -0.2) is 0 Å². The Labute approximate surface area is 191 Å². The lowest BCUT2D eigenvalue weighted by Gasteiger charge is -2.51. The first-order chi connectivity index (χ1) is 15.4. The Morgan fingerprint density at radius 2 is 1.72 bits per heavy atom. The average Bonchev–Trinajstić information content (AvgIpc) is 3.31. The fourth-order valence-corrected chi connectivity index (χ4v) is 6.85. The third-order valence-corrected chi connectivity index (χ3v) is 8.15. The van der Waals surface area contributed by atoms with Crippen molar-refractivity contribution in [2.75, 3.05) is 11.9 Å². The smallest absolute Gasteiger partial charge is 0.245 e. The number of anilines is 1. The molecule has 1 aromatic heterocycles. The van der Waals surface area contributed by atoms with Gasteiger partial charge in [-0.1, -0.05) is 69.6 Å². The van der Waals surface area contributed by atoms with Gasteiger partial charge < -0.3 is 9.84 Å². The highest BCUT2D eigenvalue weighted by molar-refractivity contribution is 9.09. The fourth-order valence-electron chi connectivity index (χ4n) is 5.65. The van der Waals surface area contributed by atoms with Crippen molar-refractivity contribution in [3.05, 3.63) is 82.6 Å². The maximum atomic E-state index is 13.6. The number of likely N-dealkylation sites (tertiary alicyclic amines) is 1. The number of rotatable bonds is 3. The summed E-state index contributed by atoms with van der Waals surface area (Å²) < 4.78 is 4.14. The molecule has 2 unspecified atom stereocenters. The van der Waals surface area contributed by atoms with E-state index >= 15 is 0 Å². The summed E-state index contributed by atoms with van der Waals surface area (Å²) in [4.78, 5) is 40.9. The Kier molecular flexibility index (Phi) is 4.02. The molecule has 7 nitrogen and oxygen atoms in total. The molecule has 1 aliphatic heterocycles. The van der Waals surface area contributed by atoms with Crippen LogP contribution in [0.3, 0.4) is 0 Å². The van der Waals surface area contributed by atoms with Crippen molar-refractivity contribution in [2.45, 2.75) is 17.2 Å². The lowest BCUT2D eigenvalue weighted by atomic mass is 9.55. The molecule has 3 aromatic rings. The molecule has 4 aliphatic rings. The first-order valence-electron chi connectivity index (χ1n) is 10.4. The van der Waals surface area contributed by atoms with Crippen LogP contribution in [0, 0.1) is 18.8 Å². The summed E-state index contributed by atoms with van der Waals surface area (Å²) in [6.07, 6.45) is 0. The van der Waals surface area contributed by atoms with Crippen molar-refractivity contribution in [1.29, 1.82) is 0 Å². The molecule has 1 saturated heterocycles. The summed E-state index contributed by atoms with van der Waals surface area (Å²) >= 11 is 3.93. The summed E-state index contributed by atoms with van der Waals surface area (Å²) in [5.41, 5.74) is 4.12. The number of aromatic nitrogens is 1. The third-order valence-electron chi connectivity index (χ3n) is 6.80. The van der Waals surface area contributed by atoms with Crippen molar-refractivity contribution in [2.24, 2.45) is 11.8 Å². The van der Waals surface area contributed by atoms with E-state index < -0.39 is 22.1 Å². The van der Waals surface area contributed by atoms with Crippen molar-refractivity contribution >= 4 is 39.5 Å². The first kappa shape index (κ1) is 19.4. The molecule has 2 atom stereocenters. The molecule has 3 aliphatic carbocycles. The second-order valence-electron chi connectivity index (χ2n) is 8.50. The number of aryl methyl sites for hydroxylation is 1. The summed E-state index contributed by atoms with van der Waals surface area (Å²) in [6.45, 7) is 1.35. The number of halogens is 1. The minimum absolute atomic E-state index is 0.227. The van der Waals surface area contributed by atoms with Gasteiger partial charge in [0, 0.05) is 12.0 Å². The van der Waals surface area contributed by atoms with Crippen LogP contribution in [0.4, 0.5) is 5.82 Å². The molecule has 0 radical (unpaired) electrons. The highest BCUT2D eigenvalue weighted by atomic mass is 79.9. The third kappa shape index (κ3) is 2.41. The lowest BCUT2D eigenvalue weighted by molar-refractivity contribution is -0.142.